The third kappa shape index (κ3) is 3.65. The van der Waals surface area contributed by atoms with Gasteiger partial charge in [0, 0.05) is 55.5 Å². The number of halogens is 1. The van der Waals surface area contributed by atoms with E-state index in [2.05, 4.69) is 37.9 Å². The Kier molecular flexibility index (Phi) is 5.22. The molecule has 2 N–H and O–H groups in total. The number of aryl methyl sites for hydroxylation is 2. The Morgan fingerprint density at radius 1 is 1.27 bits per heavy atom. The minimum atomic E-state index is -0.209. The number of pyridine rings is 1. The molecule has 3 unspecified atom stereocenters. The zero-order chi connectivity index (χ0) is 22.5. The minimum Gasteiger partial charge on any atom is -0.352 e. The van der Waals surface area contributed by atoms with Gasteiger partial charge in [-0.1, -0.05) is 17.7 Å². The highest BCUT2D eigenvalue weighted by Gasteiger charge is 2.38. The zero-order valence-corrected chi connectivity index (χ0v) is 19.5. The van der Waals surface area contributed by atoms with Crippen molar-refractivity contribution in [1.82, 2.24) is 30.4 Å². The quantitative estimate of drug-likeness (QED) is 0.615. The number of nitrogens with one attached hydrogen (secondary N) is 2. The molecule has 2 fully saturated rings. The van der Waals surface area contributed by atoms with E-state index in [0.717, 1.165) is 62.6 Å². The number of carbonyl (C=O) groups is 1. The summed E-state index contributed by atoms with van der Waals surface area (Å²) < 4.78 is 1.93. The van der Waals surface area contributed by atoms with Crippen LogP contribution in [0, 0.1) is 5.92 Å². The van der Waals surface area contributed by atoms with Gasteiger partial charge in [0.05, 0.1) is 5.02 Å². The Balaban J connectivity index is 1.15. The number of carbonyl (C=O) groups excluding carboxylic acids is 1. The smallest absolute Gasteiger partial charge is 0.272 e. The van der Waals surface area contributed by atoms with Crippen LogP contribution in [0.3, 0.4) is 0 Å². The molecule has 1 amide bonds. The van der Waals surface area contributed by atoms with Gasteiger partial charge >= 0.3 is 0 Å². The summed E-state index contributed by atoms with van der Waals surface area (Å²) in [6, 6.07) is 6.72. The molecule has 9 heteroatoms. The average molecular weight is 466 g/mol. The lowest BCUT2D eigenvalue weighted by atomic mass is 9.91. The molecular weight excluding hydrogens is 438 g/mol. The van der Waals surface area contributed by atoms with E-state index in [1.165, 1.54) is 17.7 Å². The van der Waals surface area contributed by atoms with E-state index >= 15 is 0 Å². The number of amides is 1. The van der Waals surface area contributed by atoms with E-state index < -0.39 is 0 Å². The molecule has 0 saturated carbocycles. The molecule has 2 aliphatic heterocycles. The van der Waals surface area contributed by atoms with Gasteiger partial charge in [0.15, 0.2) is 11.3 Å². The minimum absolute atomic E-state index is 0.0565. The maximum absolute atomic E-state index is 12.9. The van der Waals surface area contributed by atoms with Crippen LogP contribution in [0.15, 0.2) is 24.4 Å². The third-order valence-corrected chi connectivity index (χ3v) is 7.77. The molecular formula is C24H28ClN7O. The van der Waals surface area contributed by atoms with Gasteiger partial charge < -0.3 is 20.1 Å². The first-order chi connectivity index (χ1) is 16.1. The second kappa shape index (κ2) is 8.25. The highest BCUT2D eigenvalue weighted by Crippen LogP contribution is 2.32. The van der Waals surface area contributed by atoms with Crippen LogP contribution in [0.25, 0.3) is 11.0 Å². The Morgan fingerprint density at radius 3 is 3.06 bits per heavy atom. The predicted molar refractivity (Wildman–Crippen MR) is 128 cm³/mol. The maximum Gasteiger partial charge on any atom is 0.272 e. The number of hydrogen-bond acceptors (Lipinski definition) is 6. The van der Waals surface area contributed by atoms with Crippen molar-refractivity contribution in [1.29, 1.82) is 0 Å². The van der Waals surface area contributed by atoms with Gasteiger partial charge in [-0.25, -0.2) is 4.98 Å². The van der Waals surface area contributed by atoms with Crippen LogP contribution in [-0.2, 0) is 19.4 Å². The fourth-order valence-corrected chi connectivity index (χ4v) is 5.93. The summed E-state index contributed by atoms with van der Waals surface area (Å²) in [7, 11) is 0. The van der Waals surface area contributed by atoms with Crippen molar-refractivity contribution >= 4 is 34.4 Å². The van der Waals surface area contributed by atoms with Crippen molar-refractivity contribution in [2.75, 3.05) is 24.5 Å². The van der Waals surface area contributed by atoms with Crippen LogP contribution in [0.2, 0.25) is 5.02 Å². The van der Waals surface area contributed by atoms with Gasteiger partial charge in [-0.2, -0.15) is 0 Å². The van der Waals surface area contributed by atoms with Crippen LogP contribution >= 0.6 is 11.6 Å². The molecule has 2 saturated heterocycles. The number of fused-ring (bicyclic) bond motifs is 3. The first kappa shape index (κ1) is 20.9. The van der Waals surface area contributed by atoms with E-state index in [4.69, 9.17) is 16.6 Å². The molecule has 3 aromatic rings. The van der Waals surface area contributed by atoms with Crippen molar-refractivity contribution in [3.63, 3.8) is 0 Å². The molecule has 3 aliphatic rings. The molecule has 0 radical (unpaired) electrons. The number of rotatable bonds is 4. The Hall–Kier alpha value is -2.71. The summed E-state index contributed by atoms with van der Waals surface area (Å²) in [6.07, 6.45) is 5.58. The molecule has 0 bridgehead atoms. The SMILES string of the molecule is CCn1cc(Cl)c2cc(C(=O)NC3CCc4nc(N5CCC6CNCC65)ccc4C3)nnc21. The monoisotopic (exact) mass is 465 g/mol. The van der Waals surface area contributed by atoms with Gasteiger partial charge in [-0.3, -0.25) is 4.79 Å². The summed E-state index contributed by atoms with van der Waals surface area (Å²) in [5.41, 5.74) is 3.39. The van der Waals surface area contributed by atoms with Gasteiger partial charge in [0.2, 0.25) is 0 Å². The summed E-state index contributed by atoms with van der Waals surface area (Å²) in [6.45, 7) is 6.04. The van der Waals surface area contributed by atoms with Gasteiger partial charge in [0.25, 0.3) is 5.91 Å². The molecule has 6 rings (SSSR count). The van der Waals surface area contributed by atoms with Crippen molar-refractivity contribution < 1.29 is 4.79 Å². The number of anilines is 1. The normalized spacial score (nSPS) is 24.2. The predicted octanol–water partition coefficient (Wildman–Crippen LogP) is 2.58. The first-order valence-electron chi connectivity index (χ1n) is 11.9. The molecule has 33 heavy (non-hydrogen) atoms. The summed E-state index contributed by atoms with van der Waals surface area (Å²) in [5.74, 6) is 1.65. The molecule has 0 aromatic carbocycles. The Bertz CT molecular complexity index is 1220. The van der Waals surface area contributed by atoms with Crippen LogP contribution in [0.4, 0.5) is 5.82 Å². The topological polar surface area (TPSA) is 88.0 Å². The zero-order valence-electron chi connectivity index (χ0n) is 18.7. The molecule has 8 nitrogen and oxygen atoms in total. The maximum atomic E-state index is 12.9. The summed E-state index contributed by atoms with van der Waals surface area (Å²) in [5, 5.41) is 16.4. The second-order valence-electron chi connectivity index (χ2n) is 9.39. The van der Waals surface area contributed by atoms with E-state index in [1.54, 1.807) is 6.07 Å². The van der Waals surface area contributed by atoms with Crippen molar-refractivity contribution in [3.05, 3.63) is 46.4 Å². The standard InChI is InChI=1S/C24H28ClN7O/c1-2-31-13-18(25)17-10-20(29-30-23(17)31)24(33)27-16-4-5-19-14(9-16)3-6-22(28-19)32-8-7-15-11-26-12-21(15)32/h3,6,10,13,15-16,21,26H,2,4-5,7-9,11-12H2,1H3,(H,27,33). The first-order valence-corrected chi connectivity index (χ1v) is 12.3. The average Bonchev–Trinajstić information content (AvgIpc) is 3.53. The lowest BCUT2D eigenvalue weighted by Gasteiger charge is -2.28. The van der Waals surface area contributed by atoms with Gasteiger partial charge in [0.1, 0.15) is 5.82 Å². The highest BCUT2D eigenvalue weighted by molar-refractivity contribution is 6.35. The lowest BCUT2D eigenvalue weighted by molar-refractivity contribution is 0.0927. The van der Waals surface area contributed by atoms with Crippen LogP contribution < -0.4 is 15.5 Å². The fourth-order valence-electron chi connectivity index (χ4n) is 5.67. The summed E-state index contributed by atoms with van der Waals surface area (Å²) in [4.78, 5) is 20.4. The molecule has 5 heterocycles. The van der Waals surface area contributed by atoms with E-state index in [9.17, 15) is 4.79 Å². The van der Waals surface area contributed by atoms with E-state index in [-0.39, 0.29) is 11.9 Å². The lowest BCUT2D eigenvalue weighted by Crippen LogP contribution is -2.40. The number of hydrogen-bond donors (Lipinski definition) is 2. The van der Waals surface area contributed by atoms with Crippen LogP contribution in [-0.4, -0.2) is 57.4 Å². The van der Waals surface area contributed by atoms with Gasteiger partial charge in [-0.15, -0.1) is 10.2 Å². The molecule has 172 valence electrons. The highest BCUT2D eigenvalue weighted by atomic mass is 35.5. The molecule has 3 aromatic heterocycles. The second-order valence-corrected chi connectivity index (χ2v) is 9.79. The molecule has 0 spiro atoms. The van der Waals surface area contributed by atoms with Gasteiger partial charge in [-0.05, 0) is 56.2 Å². The fraction of sp³-hybridized carbons (Fsp3) is 0.500. The summed E-state index contributed by atoms with van der Waals surface area (Å²) >= 11 is 6.34. The van der Waals surface area contributed by atoms with Crippen LogP contribution in [0.5, 0.6) is 0 Å². The third-order valence-electron chi connectivity index (χ3n) is 7.47. The Morgan fingerprint density at radius 2 is 2.18 bits per heavy atom. The number of nitrogens with zero attached hydrogens (tertiary/aromatic N) is 5. The van der Waals surface area contributed by atoms with Crippen molar-refractivity contribution in [2.45, 2.75) is 51.2 Å². The van der Waals surface area contributed by atoms with E-state index in [1.807, 2.05) is 17.7 Å². The number of aromatic nitrogens is 4. The molecule has 1 aliphatic carbocycles. The van der Waals surface area contributed by atoms with Crippen LogP contribution in [0.1, 0.15) is 41.5 Å². The van der Waals surface area contributed by atoms with E-state index in [0.29, 0.717) is 22.4 Å². The van der Waals surface area contributed by atoms with Crippen molar-refractivity contribution in [3.8, 4) is 0 Å². The molecule has 3 atom stereocenters. The largest absolute Gasteiger partial charge is 0.352 e. The van der Waals surface area contributed by atoms with Crippen molar-refractivity contribution in [2.24, 2.45) is 5.92 Å². The Labute approximate surface area is 197 Å².